The van der Waals surface area contributed by atoms with Gasteiger partial charge in [0.1, 0.15) is 0 Å². The van der Waals surface area contributed by atoms with Crippen molar-refractivity contribution < 1.29 is 14.3 Å². The van der Waals surface area contributed by atoms with Gasteiger partial charge in [0.05, 0.1) is 5.75 Å². The molecule has 0 spiro atoms. The van der Waals surface area contributed by atoms with Crippen molar-refractivity contribution in [2.24, 2.45) is 0 Å². The van der Waals surface area contributed by atoms with Crippen molar-refractivity contribution in [2.75, 3.05) is 12.4 Å². The van der Waals surface area contributed by atoms with Crippen LogP contribution in [0.2, 0.25) is 5.02 Å². The second kappa shape index (κ2) is 9.35. The molecular weight excluding hydrogens is 346 g/mol. The molecule has 2 aromatic carbocycles. The van der Waals surface area contributed by atoms with Gasteiger partial charge in [-0.1, -0.05) is 48.0 Å². The van der Waals surface area contributed by atoms with E-state index in [0.717, 1.165) is 16.0 Å². The summed E-state index contributed by atoms with van der Waals surface area (Å²) >= 11 is 7.40. The molecule has 0 radical (unpaired) electrons. The lowest BCUT2D eigenvalue weighted by molar-refractivity contribution is -0.145. The molecule has 2 aromatic rings. The lowest BCUT2D eigenvalue weighted by Crippen LogP contribution is -2.28. The van der Waals surface area contributed by atoms with Crippen molar-refractivity contribution in [3.63, 3.8) is 0 Å². The third-order valence-corrected chi connectivity index (χ3v) is 4.76. The van der Waals surface area contributed by atoms with Crippen LogP contribution in [0.4, 0.5) is 0 Å². The first-order valence-electron chi connectivity index (χ1n) is 7.40. The van der Waals surface area contributed by atoms with E-state index >= 15 is 0 Å². The second-order valence-corrected chi connectivity index (χ2v) is 6.51. The van der Waals surface area contributed by atoms with Gasteiger partial charge in [0.25, 0.3) is 5.91 Å². The Kier molecular flexibility index (Phi) is 7.15. The van der Waals surface area contributed by atoms with Crippen LogP contribution in [0.3, 0.4) is 0 Å². The standard InChI is InChI=1S/C18H18ClNO3S/c1-13-6-2-5-9-16(13)24-12-18(22)23-11-17(21)20-10-14-7-3-4-8-15(14)19/h2-9H,10-12H2,1H3,(H,20,21). The number of amides is 1. The number of benzene rings is 2. The van der Waals surface area contributed by atoms with E-state index in [4.69, 9.17) is 16.3 Å². The van der Waals surface area contributed by atoms with Gasteiger partial charge >= 0.3 is 5.97 Å². The summed E-state index contributed by atoms with van der Waals surface area (Å²) in [5, 5.41) is 3.26. The number of nitrogens with one attached hydrogen (secondary N) is 1. The molecule has 0 unspecified atom stereocenters. The largest absolute Gasteiger partial charge is 0.455 e. The highest BCUT2D eigenvalue weighted by Gasteiger charge is 2.09. The van der Waals surface area contributed by atoms with Crippen LogP contribution in [-0.4, -0.2) is 24.2 Å². The normalized spacial score (nSPS) is 10.2. The maximum Gasteiger partial charge on any atom is 0.316 e. The lowest BCUT2D eigenvalue weighted by atomic mass is 10.2. The molecule has 1 N–H and O–H groups in total. The molecule has 24 heavy (non-hydrogen) atoms. The van der Waals surface area contributed by atoms with Crippen LogP contribution in [-0.2, 0) is 20.9 Å². The van der Waals surface area contributed by atoms with Crippen LogP contribution in [0.5, 0.6) is 0 Å². The Bertz CT molecular complexity index is 659. The van der Waals surface area contributed by atoms with E-state index in [1.165, 1.54) is 11.8 Å². The van der Waals surface area contributed by atoms with Gasteiger partial charge in [-0.25, -0.2) is 0 Å². The Labute approximate surface area is 150 Å². The number of ether oxygens (including phenoxy) is 1. The fraction of sp³-hybridized carbons (Fsp3) is 0.222. The quantitative estimate of drug-likeness (QED) is 0.603. The molecule has 126 valence electrons. The molecule has 0 aliphatic heterocycles. The van der Waals surface area contributed by atoms with Gasteiger partial charge in [0.2, 0.25) is 0 Å². The highest BCUT2D eigenvalue weighted by atomic mass is 35.5. The van der Waals surface area contributed by atoms with Crippen molar-refractivity contribution >= 4 is 35.2 Å². The van der Waals surface area contributed by atoms with E-state index in [9.17, 15) is 9.59 Å². The summed E-state index contributed by atoms with van der Waals surface area (Å²) in [5.41, 5.74) is 1.92. The van der Waals surface area contributed by atoms with Gasteiger partial charge in [-0.3, -0.25) is 9.59 Å². The summed E-state index contributed by atoms with van der Waals surface area (Å²) in [6, 6.07) is 15.0. The molecule has 1 amide bonds. The zero-order valence-electron chi connectivity index (χ0n) is 13.3. The molecule has 0 fully saturated rings. The highest BCUT2D eigenvalue weighted by molar-refractivity contribution is 8.00. The molecular formula is C18H18ClNO3S. The molecule has 0 aromatic heterocycles. The summed E-state index contributed by atoms with van der Waals surface area (Å²) < 4.78 is 4.98. The number of thioether (sulfide) groups is 1. The Morgan fingerprint density at radius 2 is 1.83 bits per heavy atom. The van der Waals surface area contributed by atoms with Crippen molar-refractivity contribution in [2.45, 2.75) is 18.4 Å². The summed E-state index contributed by atoms with van der Waals surface area (Å²) in [6.07, 6.45) is 0. The molecule has 6 heteroatoms. The van der Waals surface area contributed by atoms with Gasteiger partial charge in [0.15, 0.2) is 6.61 Å². The number of carbonyl (C=O) groups is 2. The maximum atomic E-state index is 11.7. The Balaban J connectivity index is 1.69. The average molecular weight is 364 g/mol. The number of hydrogen-bond acceptors (Lipinski definition) is 4. The van der Waals surface area contributed by atoms with E-state index in [1.54, 1.807) is 6.07 Å². The Morgan fingerprint density at radius 3 is 2.58 bits per heavy atom. The topological polar surface area (TPSA) is 55.4 Å². The molecule has 4 nitrogen and oxygen atoms in total. The van der Waals surface area contributed by atoms with Crippen LogP contribution in [0.25, 0.3) is 0 Å². The molecule has 0 heterocycles. The summed E-state index contributed by atoms with van der Waals surface area (Å²) in [6.45, 7) is 1.99. The van der Waals surface area contributed by atoms with Crippen molar-refractivity contribution in [1.82, 2.24) is 5.32 Å². The monoisotopic (exact) mass is 363 g/mol. The first-order chi connectivity index (χ1) is 11.6. The van der Waals surface area contributed by atoms with Crippen LogP contribution >= 0.6 is 23.4 Å². The zero-order valence-corrected chi connectivity index (χ0v) is 14.8. The Morgan fingerprint density at radius 1 is 1.12 bits per heavy atom. The van der Waals surface area contributed by atoms with Crippen LogP contribution in [0, 0.1) is 6.92 Å². The fourth-order valence-corrected chi connectivity index (χ4v) is 2.96. The van der Waals surface area contributed by atoms with Gasteiger partial charge in [-0.15, -0.1) is 11.8 Å². The van der Waals surface area contributed by atoms with E-state index in [-0.39, 0.29) is 18.3 Å². The molecule has 0 bridgehead atoms. The van der Waals surface area contributed by atoms with E-state index < -0.39 is 5.97 Å². The minimum atomic E-state index is -0.420. The summed E-state index contributed by atoms with van der Waals surface area (Å²) in [5.74, 6) is -0.608. The first kappa shape index (κ1) is 18.4. The number of hydrogen-bond donors (Lipinski definition) is 1. The third-order valence-electron chi connectivity index (χ3n) is 3.24. The average Bonchev–Trinajstić information content (AvgIpc) is 2.58. The van der Waals surface area contributed by atoms with Crippen molar-refractivity contribution in [3.05, 3.63) is 64.7 Å². The van der Waals surface area contributed by atoms with Crippen LogP contribution in [0.1, 0.15) is 11.1 Å². The van der Waals surface area contributed by atoms with E-state index in [2.05, 4.69) is 5.32 Å². The zero-order chi connectivity index (χ0) is 17.4. The second-order valence-electron chi connectivity index (χ2n) is 5.08. The molecule has 0 saturated carbocycles. The minimum Gasteiger partial charge on any atom is -0.455 e. The Hall–Kier alpha value is -1.98. The number of rotatable bonds is 7. The summed E-state index contributed by atoms with van der Waals surface area (Å²) in [4.78, 5) is 24.5. The molecule has 0 saturated heterocycles. The molecule has 0 atom stereocenters. The number of carbonyl (C=O) groups excluding carboxylic acids is 2. The third kappa shape index (κ3) is 5.91. The number of aryl methyl sites for hydroxylation is 1. The van der Waals surface area contributed by atoms with Gasteiger partial charge in [-0.2, -0.15) is 0 Å². The fourth-order valence-electron chi connectivity index (χ4n) is 1.93. The first-order valence-corrected chi connectivity index (χ1v) is 8.77. The van der Waals surface area contributed by atoms with Gasteiger partial charge in [0, 0.05) is 16.5 Å². The minimum absolute atomic E-state index is 0.169. The number of esters is 1. The van der Waals surface area contributed by atoms with Crippen molar-refractivity contribution in [3.8, 4) is 0 Å². The SMILES string of the molecule is Cc1ccccc1SCC(=O)OCC(=O)NCc1ccccc1Cl. The molecule has 0 aliphatic carbocycles. The highest BCUT2D eigenvalue weighted by Crippen LogP contribution is 2.21. The van der Waals surface area contributed by atoms with Gasteiger partial charge in [-0.05, 0) is 30.2 Å². The maximum absolute atomic E-state index is 11.7. The van der Waals surface area contributed by atoms with Crippen molar-refractivity contribution in [1.29, 1.82) is 0 Å². The predicted octanol–water partition coefficient (Wildman–Crippen LogP) is 3.60. The van der Waals surface area contributed by atoms with Gasteiger partial charge < -0.3 is 10.1 Å². The van der Waals surface area contributed by atoms with Crippen LogP contribution < -0.4 is 5.32 Å². The van der Waals surface area contributed by atoms with E-state index in [0.29, 0.717) is 11.6 Å². The number of halogens is 1. The predicted molar refractivity (Wildman–Crippen MR) is 96.2 cm³/mol. The smallest absolute Gasteiger partial charge is 0.316 e. The summed E-state index contributed by atoms with van der Waals surface area (Å²) in [7, 11) is 0. The van der Waals surface area contributed by atoms with Crippen LogP contribution in [0.15, 0.2) is 53.4 Å². The molecule has 0 aliphatic rings. The lowest BCUT2D eigenvalue weighted by Gasteiger charge is -2.08. The van der Waals surface area contributed by atoms with E-state index in [1.807, 2.05) is 49.4 Å². The molecule has 2 rings (SSSR count).